The highest BCUT2D eigenvalue weighted by molar-refractivity contribution is 5.49. The molecule has 2 heterocycles. The van der Waals surface area contributed by atoms with Crippen molar-refractivity contribution in [1.82, 2.24) is 4.98 Å². The van der Waals surface area contributed by atoms with Crippen molar-refractivity contribution in [3.63, 3.8) is 0 Å². The van der Waals surface area contributed by atoms with Crippen LogP contribution in [0.25, 0.3) is 0 Å². The number of nitrogens with two attached hydrogens (primary N) is 1. The average Bonchev–Trinajstić information content (AvgIpc) is 2.30. The fraction of sp³-hybridized carbons (Fsp3) is 0.545. The van der Waals surface area contributed by atoms with Gasteiger partial charge in [0.2, 0.25) is 0 Å². The molecule has 1 saturated heterocycles. The van der Waals surface area contributed by atoms with Crippen molar-refractivity contribution in [2.45, 2.75) is 25.4 Å². The van der Waals surface area contributed by atoms with Crippen LogP contribution in [0.15, 0.2) is 18.5 Å². The summed E-state index contributed by atoms with van der Waals surface area (Å²) in [5, 5.41) is 0. The molecule has 2 N–H and O–H groups in total. The number of methoxy groups -OCH3 is 1. The molecule has 1 aliphatic heterocycles. The Bertz CT molecular complexity index is 329. The lowest BCUT2D eigenvalue weighted by molar-refractivity contribution is 0.411. The summed E-state index contributed by atoms with van der Waals surface area (Å²) in [7, 11) is 1.65. The zero-order valence-electron chi connectivity index (χ0n) is 9.02. The first-order valence-corrected chi connectivity index (χ1v) is 5.32. The molecular formula is C11H17N3O. The Kier molecular flexibility index (Phi) is 3.06. The van der Waals surface area contributed by atoms with E-state index in [0.717, 1.165) is 24.4 Å². The molecule has 0 amide bonds. The van der Waals surface area contributed by atoms with Crippen LogP contribution in [-0.4, -0.2) is 24.8 Å². The molecule has 1 aliphatic rings. The molecule has 0 aliphatic carbocycles. The number of hydrogen-bond acceptors (Lipinski definition) is 4. The summed E-state index contributed by atoms with van der Waals surface area (Å²) in [4.78, 5) is 6.34. The van der Waals surface area contributed by atoms with Crippen LogP contribution >= 0.6 is 0 Å². The Labute approximate surface area is 90.0 Å². The highest BCUT2D eigenvalue weighted by Crippen LogP contribution is 2.24. The van der Waals surface area contributed by atoms with E-state index in [2.05, 4.69) is 9.88 Å². The van der Waals surface area contributed by atoms with Crippen molar-refractivity contribution in [2.75, 3.05) is 18.6 Å². The van der Waals surface area contributed by atoms with E-state index < -0.39 is 0 Å². The fourth-order valence-electron chi connectivity index (χ4n) is 1.95. The second-order valence-electron chi connectivity index (χ2n) is 3.84. The Morgan fingerprint density at radius 1 is 1.47 bits per heavy atom. The van der Waals surface area contributed by atoms with Crippen LogP contribution in [0.2, 0.25) is 0 Å². The molecule has 1 aromatic heterocycles. The van der Waals surface area contributed by atoms with E-state index in [1.165, 1.54) is 12.8 Å². The van der Waals surface area contributed by atoms with Crippen molar-refractivity contribution in [2.24, 2.45) is 5.73 Å². The molecule has 4 heteroatoms. The molecule has 1 fully saturated rings. The van der Waals surface area contributed by atoms with Gasteiger partial charge in [-0.3, -0.25) is 4.98 Å². The van der Waals surface area contributed by atoms with Crippen molar-refractivity contribution in [3.05, 3.63) is 18.5 Å². The van der Waals surface area contributed by atoms with Crippen molar-refractivity contribution in [3.8, 4) is 5.75 Å². The number of hydrogen-bond donors (Lipinski definition) is 1. The minimum absolute atomic E-state index is 0.118. The van der Waals surface area contributed by atoms with Crippen LogP contribution in [0.5, 0.6) is 5.75 Å². The zero-order chi connectivity index (χ0) is 10.7. The monoisotopic (exact) mass is 207 g/mol. The SMILES string of the molecule is COc1cncc(N2CCCCC2N)c1. The first-order chi connectivity index (χ1) is 7.31. The van der Waals surface area contributed by atoms with E-state index in [9.17, 15) is 0 Å². The molecule has 82 valence electrons. The van der Waals surface area contributed by atoms with E-state index in [-0.39, 0.29) is 6.17 Å². The second-order valence-corrected chi connectivity index (χ2v) is 3.84. The molecular weight excluding hydrogens is 190 g/mol. The summed E-state index contributed by atoms with van der Waals surface area (Å²) in [6.45, 7) is 1.01. The molecule has 0 spiro atoms. The lowest BCUT2D eigenvalue weighted by Crippen LogP contribution is -2.45. The molecule has 2 rings (SSSR count). The van der Waals surface area contributed by atoms with Crippen molar-refractivity contribution in [1.29, 1.82) is 0 Å². The number of anilines is 1. The molecule has 0 bridgehead atoms. The van der Waals surface area contributed by atoms with Crippen LogP contribution in [0.3, 0.4) is 0 Å². The van der Waals surface area contributed by atoms with Gasteiger partial charge in [0.25, 0.3) is 0 Å². The normalized spacial score (nSPS) is 21.5. The summed E-state index contributed by atoms with van der Waals surface area (Å²) in [6.07, 6.45) is 7.14. The first kappa shape index (κ1) is 10.2. The van der Waals surface area contributed by atoms with Gasteiger partial charge >= 0.3 is 0 Å². The topological polar surface area (TPSA) is 51.4 Å². The third-order valence-electron chi connectivity index (χ3n) is 2.82. The fourth-order valence-corrected chi connectivity index (χ4v) is 1.95. The summed E-state index contributed by atoms with van der Waals surface area (Å²) in [6, 6.07) is 1.98. The van der Waals surface area contributed by atoms with Gasteiger partial charge in [-0.15, -0.1) is 0 Å². The average molecular weight is 207 g/mol. The van der Waals surface area contributed by atoms with Crippen LogP contribution in [0.1, 0.15) is 19.3 Å². The highest BCUT2D eigenvalue weighted by atomic mass is 16.5. The number of aromatic nitrogens is 1. The Morgan fingerprint density at radius 2 is 2.33 bits per heavy atom. The second kappa shape index (κ2) is 4.49. The Hall–Kier alpha value is -1.29. The minimum Gasteiger partial charge on any atom is -0.495 e. The van der Waals surface area contributed by atoms with E-state index >= 15 is 0 Å². The molecule has 0 saturated carbocycles. The van der Waals surface area contributed by atoms with Crippen LogP contribution in [0.4, 0.5) is 5.69 Å². The van der Waals surface area contributed by atoms with Crippen molar-refractivity contribution < 1.29 is 4.74 Å². The minimum atomic E-state index is 0.118. The van der Waals surface area contributed by atoms with Gasteiger partial charge in [-0.25, -0.2) is 0 Å². The maximum Gasteiger partial charge on any atom is 0.139 e. The summed E-state index contributed by atoms with van der Waals surface area (Å²) >= 11 is 0. The van der Waals surface area contributed by atoms with Gasteiger partial charge in [0, 0.05) is 12.6 Å². The van der Waals surface area contributed by atoms with Gasteiger partial charge < -0.3 is 15.4 Å². The lowest BCUT2D eigenvalue weighted by atomic mass is 10.1. The Balaban J connectivity index is 2.19. The highest BCUT2D eigenvalue weighted by Gasteiger charge is 2.19. The van der Waals surface area contributed by atoms with Gasteiger partial charge in [0.15, 0.2) is 0 Å². The molecule has 4 nitrogen and oxygen atoms in total. The van der Waals surface area contributed by atoms with Gasteiger partial charge in [0.05, 0.1) is 31.4 Å². The first-order valence-electron chi connectivity index (χ1n) is 5.32. The van der Waals surface area contributed by atoms with E-state index in [1.54, 1.807) is 13.3 Å². The predicted octanol–water partition coefficient (Wildman–Crippen LogP) is 1.37. The molecule has 1 unspecified atom stereocenters. The largest absolute Gasteiger partial charge is 0.495 e. The Morgan fingerprint density at radius 3 is 3.07 bits per heavy atom. The maximum atomic E-state index is 6.06. The number of piperidine rings is 1. The molecule has 0 radical (unpaired) electrons. The van der Waals surface area contributed by atoms with Gasteiger partial charge in [-0.2, -0.15) is 0 Å². The summed E-state index contributed by atoms with van der Waals surface area (Å²) < 4.78 is 5.15. The third kappa shape index (κ3) is 2.21. The summed E-state index contributed by atoms with van der Waals surface area (Å²) in [5.41, 5.74) is 7.12. The van der Waals surface area contributed by atoms with Gasteiger partial charge in [-0.1, -0.05) is 0 Å². The molecule has 1 aromatic rings. The summed E-state index contributed by atoms with van der Waals surface area (Å²) in [5.74, 6) is 0.783. The molecule has 1 atom stereocenters. The van der Waals surface area contributed by atoms with Crippen LogP contribution < -0.4 is 15.4 Å². The van der Waals surface area contributed by atoms with Crippen molar-refractivity contribution >= 4 is 5.69 Å². The number of pyridine rings is 1. The van der Waals surface area contributed by atoms with Gasteiger partial charge in [0.1, 0.15) is 5.75 Å². The standard InChI is InChI=1S/C11H17N3O/c1-15-10-6-9(7-13-8-10)14-5-3-2-4-11(14)12/h6-8,11H,2-5,12H2,1H3. The number of nitrogens with zero attached hydrogens (tertiary/aromatic N) is 2. The van der Waals surface area contributed by atoms with Crippen LogP contribution in [-0.2, 0) is 0 Å². The molecule has 0 aromatic carbocycles. The zero-order valence-corrected chi connectivity index (χ0v) is 9.02. The number of ether oxygens (including phenoxy) is 1. The predicted molar refractivity (Wildman–Crippen MR) is 60.0 cm³/mol. The van der Waals surface area contributed by atoms with E-state index in [1.807, 2.05) is 12.3 Å². The quantitative estimate of drug-likeness (QED) is 0.795. The molecule has 15 heavy (non-hydrogen) atoms. The van der Waals surface area contributed by atoms with Crippen LogP contribution in [0, 0.1) is 0 Å². The van der Waals surface area contributed by atoms with E-state index in [0.29, 0.717) is 0 Å². The number of rotatable bonds is 2. The smallest absolute Gasteiger partial charge is 0.139 e. The lowest BCUT2D eigenvalue weighted by Gasteiger charge is -2.34. The maximum absolute atomic E-state index is 6.06. The van der Waals surface area contributed by atoms with Gasteiger partial charge in [-0.05, 0) is 19.3 Å². The third-order valence-corrected chi connectivity index (χ3v) is 2.82. The van der Waals surface area contributed by atoms with E-state index in [4.69, 9.17) is 10.5 Å².